The lowest BCUT2D eigenvalue weighted by atomic mass is 10.1. The number of anilines is 1. The number of rotatable bonds is 4. The van der Waals surface area contributed by atoms with Crippen LogP contribution < -0.4 is 10.6 Å². The van der Waals surface area contributed by atoms with E-state index in [0.29, 0.717) is 17.4 Å². The molecular weight excluding hydrogens is 264 g/mol. The number of hydrogen-bond acceptors (Lipinski definition) is 4. The van der Waals surface area contributed by atoms with Crippen molar-refractivity contribution in [3.05, 3.63) is 35.9 Å². The molecule has 1 heterocycles. The van der Waals surface area contributed by atoms with E-state index < -0.39 is 0 Å². The Morgan fingerprint density at radius 1 is 1.43 bits per heavy atom. The summed E-state index contributed by atoms with van der Waals surface area (Å²) in [5, 5.41) is 16.1. The lowest BCUT2D eigenvalue weighted by Gasteiger charge is -2.15. The Hall–Kier alpha value is -2.61. The average molecular weight is 280 g/mol. The van der Waals surface area contributed by atoms with Crippen LogP contribution in [-0.4, -0.2) is 23.0 Å². The van der Waals surface area contributed by atoms with Crippen LogP contribution in [0, 0.1) is 11.3 Å². The number of benzene rings is 1. The van der Waals surface area contributed by atoms with Gasteiger partial charge in [-0.05, 0) is 31.9 Å². The van der Waals surface area contributed by atoms with Gasteiger partial charge in [0.15, 0.2) is 0 Å². The Bertz CT molecular complexity index is 731. The standard InChI is InChI=1S/C16H16N4O/c1-10(16(21)19-12-6-7-12)18-15-8-11(9-17)13-4-2-3-5-14(13)20-15/h2-5,8,10,12H,6-7H2,1H3,(H,18,20)(H,19,21). The van der Waals surface area contributed by atoms with Crippen molar-refractivity contribution in [2.24, 2.45) is 0 Å². The minimum absolute atomic E-state index is 0.0361. The lowest BCUT2D eigenvalue weighted by molar-refractivity contribution is -0.121. The molecule has 2 N–H and O–H groups in total. The summed E-state index contributed by atoms with van der Waals surface area (Å²) in [5.41, 5.74) is 1.30. The minimum atomic E-state index is -0.384. The topological polar surface area (TPSA) is 77.8 Å². The van der Waals surface area contributed by atoms with Crippen LogP contribution in [0.5, 0.6) is 0 Å². The van der Waals surface area contributed by atoms with Gasteiger partial charge >= 0.3 is 0 Å². The molecule has 5 nitrogen and oxygen atoms in total. The van der Waals surface area contributed by atoms with E-state index in [1.807, 2.05) is 24.3 Å². The molecule has 1 unspecified atom stereocenters. The molecule has 5 heteroatoms. The molecule has 1 aromatic carbocycles. The van der Waals surface area contributed by atoms with Gasteiger partial charge in [0.2, 0.25) is 5.91 Å². The summed E-state index contributed by atoms with van der Waals surface area (Å²) in [6.07, 6.45) is 2.12. The molecular formula is C16H16N4O. The zero-order chi connectivity index (χ0) is 14.8. The normalized spacial score (nSPS) is 15.2. The maximum absolute atomic E-state index is 11.9. The molecule has 1 saturated carbocycles. The van der Waals surface area contributed by atoms with Crippen LogP contribution in [0.3, 0.4) is 0 Å². The van der Waals surface area contributed by atoms with Crippen LogP contribution in [0.4, 0.5) is 5.82 Å². The molecule has 0 aliphatic heterocycles. The first-order valence-corrected chi connectivity index (χ1v) is 7.04. The van der Waals surface area contributed by atoms with Crippen molar-refractivity contribution in [1.29, 1.82) is 5.26 Å². The molecule has 0 radical (unpaired) electrons. The quantitative estimate of drug-likeness (QED) is 0.900. The van der Waals surface area contributed by atoms with E-state index in [1.54, 1.807) is 13.0 Å². The number of nitrogens with one attached hydrogen (secondary N) is 2. The van der Waals surface area contributed by atoms with Crippen LogP contribution in [0.2, 0.25) is 0 Å². The zero-order valence-corrected chi connectivity index (χ0v) is 11.8. The highest BCUT2D eigenvalue weighted by Gasteiger charge is 2.25. The monoisotopic (exact) mass is 280 g/mol. The zero-order valence-electron chi connectivity index (χ0n) is 11.8. The second-order valence-electron chi connectivity index (χ2n) is 5.33. The summed E-state index contributed by atoms with van der Waals surface area (Å²) in [5.74, 6) is 0.509. The molecule has 1 aromatic heterocycles. The van der Waals surface area contributed by atoms with Gasteiger partial charge in [0.25, 0.3) is 0 Å². The lowest BCUT2D eigenvalue weighted by Crippen LogP contribution is -2.38. The summed E-state index contributed by atoms with van der Waals surface area (Å²) in [4.78, 5) is 16.4. The summed E-state index contributed by atoms with van der Waals surface area (Å²) in [7, 11) is 0. The van der Waals surface area contributed by atoms with Crippen LogP contribution in [0.25, 0.3) is 10.9 Å². The first-order chi connectivity index (χ1) is 10.2. The number of pyridine rings is 1. The maximum atomic E-state index is 11.9. The van der Waals surface area contributed by atoms with E-state index in [4.69, 9.17) is 0 Å². The molecule has 0 spiro atoms. The van der Waals surface area contributed by atoms with E-state index in [-0.39, 0.29) is 11.9 Å². The Balaban J connectivity index is 1.83. The van der Waals surface area contributed by atoms with Gasteiger partial charge in [-0.2, -0.15) is 5.26 Å². The third-order valence-corrected chi connectivity index (χ3v) is 3.52. The van der Waals surface area contributed by atoms with E-state index in [1.165, 1.54) is 0 Å². The van der Waals surface area contributed by atoms with Gasteiger partial charge < -0.3 is 10.6 Å². The Morgan fingerprint density at radius 2 is 2.19 bits per heavy atom. The molecule has 1 aliphatic rings. The van der Waals surface area contributed by atoms with Crippen LogP contribution >= 0.6 is 0 Å². The minimum Gasteiger partial charge on any atom is -0.359 e. The molecule has 106 valence electrons. The number of para-hydroxylation sites is 1. The number of nitriles is 1. The van der Waals surface area contributed by atoms with Crippen molar-refractivity contribution in [2.45, 2.75) is 31.8 Å². The summed E-state index contributed by atoms with van der Waals surface area (Å²) >= 11 is 0. The Labute approximate surface area is 123 Å². The maximum Gasteiger partial charge on any atom is 0.242 e. The highest BCUT2D eigenvalue weighted by Crippen LogP contribution is 2.21. The largest absolute Gasteiger partial charge is 0.359 e. The molecule has 1 aliphatic carbocycles. The molecule has 0 bridgehead atoms. The fourth-order valence-electron chi connectivity index (χ4n) is 2.18. The van der Waals surface area contributed by atoms with E-state index in [9.17, 15) is 10.1 Å². The van der Waals surface area contributed by atoms with E-state index in [0.717, 1.165) is 23.7 Å². The predicted octanol–water partition coefficient (Wildman–Crippen LogP) is 2.19. The average Bonchev–Trinajstić information content (AvgIpc) is 3.30. The summed E-state index contributed by atoms with van der Waals surface area (Å²) < 4.78 is 0. The van der Waals surface area contributed by atoms with Crippen molar-refractivity contribution in [2.75, 3.05) is 5.32 Å². The second kappa shape index (κ2) is 5.41. The number of nitrogens with zero attached hydrogens (tertiary/aromatic N) is 2. The van der Waals surface area contributed by atoms with E-state index >= 15 is 0 Å². The Kier molecular flexibility index (Phi) is 3.44. The van der Waals surface area contributed by atoms with Gasteiger partial charge in [0.05, 0.1) is 17.1 Å². The highest BCUT2D eigenvalue weighted by atomic mass is 16.2. The first-order valence-electron chi connectivity index (χ1n) is 7.04. The smallest absolute Gasteiger partial charge is 0.242 e. The van der Waals surface area contributed by atoms with Gasteiger partial charge in [-0.25, -0.2) is 4.98 Å². The van der Waals surface area contributed by atoms with Crippen molar-refractivity contribution < 1.29 is 4.79 Å². The van der Waals surface area contributed by atoms with Crippen LogP contribution in [-0.2, 0) is 4.79 Å². The summed E-state index contributed by atoms with van der Waals surface area (Å²) in [6, 6.07) is 11.3. The number of hydrogen-bond donors (Lipinski definition) is 2. The van der Waals surface area contributed by atoms with Crippen LogP contribution in [0.15, 0.2) is 30.3 Å². The molecule has 2 aromatic rings. The number of carbonyl (C=O) groups is 1. The molecule has 1 atom stereocenters. The third-order valence-electron chi connectivity index (χ3n) is 3.52. The third kappa shape index (κ3) is 2.95. The van der Waals surface area contributed by atoms with Crippen molar-refractivity contribution in [3.8, 4) is 6.07 Å². The molecule has 21 heavy (non-hydrogen) atoms. The summed E-state index contributed by atoms with van der Waals surface area (Å²) in [6.45, 7) is 1.79. The van der Waals surface area contributed by atoms with Crippen molar-refractivity contribution in [1.82, 2.24) is 10.3 Å². The van der Waals surface area contributed by atoms with E-state index in [2.05, 4.69) is 21.7 Å². The van der Waals surface area contributed by atoms with Crippen molar-refractivity contribution in [3.63, 3.8) is 0 Å². The molecule has 1 fully saturated rings. The first kappa shape index (κ1) is 13.4. The van der Waals surface area contributed by atoms with Gasteiger partial charge in [-0.15, -0.1) is 0 Å². The molecule has 3 rings (SSSR count). The SMILES string of the molecule is CC(Nc1cc(C#N)c2ccccc2n1)C(=O)NC1CC1. The van der Waals surface area contributed by atoms with Gasteiger partial charge in [-0.1, -0.05) is 18.2 Å². The fraction of sp³-hybridized carbons (Fsp3) is 0.312. The van der Waals surface area contributed by atoms with Gasteiger partial charge in [0.1, 0.15) is 11.9 Å². The van der Waals surface area contributed by atoms with Gasteiger partial charge in [0, 0.05) is 11.4 Å². The van der Waals surface area contributed by atoms with Crippen LogP contribution in [0.1, 0.15) is 25.3 Å². The predicted molar refractivity (Wildman–Crippen MR) is 80.7 cm³/mol. The highest BCUT2D eigenvalue weighted by molar-refractivity contribution is 5.88. The Morgan fingerprint density at radius 3 is 2.90 bits per heavy atom. The number of aromatic nitrogens is 1. The molecule has 1 amide bonds. The van der Waals surface area contributed by atoms with Gasteiger partial charge in [-0.3, -0.25) is 4.79 Å². The van der Waals surface area contributed by atoms with Crippen molar-refractivity contribution >= 4 is 22.6 Å². The number of carbonyl (C=O) groups excluding carboxylic acids is 1. The number of amides is 1. The second-order valence-corrected chi connectivity index (χ2v) is 5.33. The fourth-order valence-corrected chi connectivity index (χ4v) is 2.18. The number of fused-ring (bicyclic) bond motifs is 1. The molecule has 0 saturated heterocycles.